The second kappa shape index (κ2) is 8.79. The minimum absolute atomic E-state index is 0.551. The molecule has 0 bridgehead atoms. The molecule has 1 unspecified atom stereocenters. The van der Waals surface area contributed by atoms with Crippen LogP contribution in [-0.2, 0) is 11.2 Å². The number of hydrogen-bond acceptors (Lipinski definition) is 1. The van der Waals surface area contributed by atoms with Crippen LogP contribution in [0.15, 0.2) is 24.3 Å². The van der Waals surface area contributed by atoms with Gasteiger partial charge in [-0.3, -0.25) is 0 Å². The second-order valence-corrected chi connectivity index (χ2v) is 5.08. The van der Waals surface area contributed by atoms with Crippen LogP contribution in [0.4, 0.5) is 0 Å². The molecule has 0 saturated heterocycles. The highest BCUT2D eigenvalue weighted by atomic mass is 35.5. The van der Waals surface area contributed by atoms with Crippen molar-refractivity contribution < 1.29 is 4.74 Å². The van der Waals surface area contributed by atoms with Crippen molar-refractivity contribution in [3.8, 4) is 0 Å². The molecule has 0 aliphatic carbocycles. The van der Waals surface area contributed by atoms with Crippen molar-refractivity contribution in [2.45, 2.75) is 25.7 Å². The fourth-order valence-corrected chi connectivity index (χ4v) is 2.26. The van der Waals surface area contributed by atoms with Gasteiger partial charge in [-0.1, -0.05) is 30.2 Å². The normalized spacial score (nSPS) is 12.6. The highest BCUT2D eigenvalue weighted by Crippen LogP contribution is 2.18. The van der Waals surface area contributed by atoms with E-state index in [0.29, 0.717) is 5.92 Å². The van der Waals surface area contributed by atoms with E-state index < -0.39 is 0 Å². The second-order valence-electron chi connectivity index (χ2n) is 4.34. The van der Waals surface area contributed by atoms with E-state index in [9.17, 15) is 0 Å². The number of methoxy groups -OCH3 is 1. The first-order valence-electron chi connectivity index (χ1n) is 6.05. The highest BCUT2D eigenvalue weighted by molar-refractivity contribution is 6.30. The van der Waals surface area contributed by atoms with E-state index in [1.54, 1.807) is 7.11 Å². The van der Waals surface area contributed by atoms with E-state index in [0.717, 1.165) is 36.8 Å². The molecule has 0 aromatic heterocycles. The van der Waals surface area contributed by atoms with Crippen molar-refractivity contribution in [1.82, 2.24) is 0 Å². The van der Waals surface area contributed by atoms with E-state index in [-0.39, 0.29) is 0 Å². The Morgan fingerprint density at radius 1 is 1.18 bits per heavy atom. The summed E-state index contributed by atoms with van der Waals surface area (Å²) in [7, 11) is 1.74. The summed E-state index contributed by atoms with van der Waals surface area (Å²) in [6.07, 6.45) is 4.49. The average molecular weight is 275 g/mol. The molecule has 1 nitrogen and oxygen atoms in total. The maximum Gasteiger partial charge on any atom is 0.0462 e. The lowest BCUT2D eigenvalue weighted by molar-refractivity contribution is 0.190. The van der Waals surface area contributed by atoms with Gasteiger partial charge in [-0.2, -0.15) is 0 Å². The smallest absolute Gasteiger partial charge is 0.0462 e. The Bertz CT molecular complexity index is 298. The van der Waals surface area contributed by atoms with Gasteiger partial charge in [-0.05, 0) is 42.9 Å². The van der Waals surface area contributed by atoms with Crippen LogP contribution < -0.4 is 0 Å². The van der Waals surface area contributed by atoms with Crippen LogP contribution in [0, 0.1) is 5.92 Å². The minimum Gasteiger partial charge on any atom is -0.385 e. The van der Waals surface area contributed by atoms with Gasteiger partial charge in [-0.25, -0.2) is 0 Å². The molecule has 3 heteroatoms. The van der Waals surface area contributed by atoms with Crippen LogP contribution in [0.25, 0.3) is 0 Å². The van der Waals surface area contributed by atoms with Gasteiger partial charge in [0.25, 0.3) is 0 Å². The van der Waals surface area contributed by atoms with Gasteiger partial charge in [0.2, 0.25) is 0 Å². The lowest BCUT2D eigenvalue weighted by Crippen LogP contribution is -2.07. The monoisotopic (exact) mass is 274 g/mol. The zero-order chi connectivity index (χ0) is 12.5. The van der Waals surface area contributed by atoms with Gasteiger partial charge < -0.3 is 4.74 Å². The van der Waals surface area contributed by atoms with Crippen molar-refractivity contribution in [1.29, 1.82) is 0 Å². The number of ether oxygens (including phenoxy) is 1. The van der Waals surface area contributed by atoms with Crippen molar-refractivity contribution in [2.75, 3.05) is 19.6 Å². The number of rotatable bonds is 8. The predicted octanol–water partition coefficient (Wildman–Crippen LogP) is 4.55. The summed E-state index contributed by atoms with van der Waals surface area (Å²) < 4.78 is 5.04. The molecule has 1 aromatic carbocycles. The number of alkyl halides is 1. The maximum absolute atomic E-state index is 6.00. The molecule has 1 aromatic rings. The van der Waals surface area contributed by atoms with Crippen molar-refractivity contribution in [2.24, 2.45) is 5.92 Å². The summed E-state index contributed by atoms with van der Waals surface area (Å²) in [5.41, 5.74) is 1.31. The van der Waals surface area contributed by atoms with E-state index >= 15 is 0 Å². The Hall–Kier alpha value is -0.240. The van der Waals surface area contributed by atoms with Gasteiger partial charge in [-0.15, -0.1) is 11.6 Å². The quantitative estimate of drug-likeness (QED) is 0.499. The molecular formula is C14H20Cl2O. The fourth-order valence-electron chi connectivity index (χ4n) is 1.87. The van der Waals surface area contributed by atoms with Gasteiger partial charge in [0.05, 0.1) is 0 Å². The summed E-state index contributed by atoms with van der Waals surface area (Å²) in [4.78, 5) is 0. The SMILES string of the molecule is COCCCCC(CCl)Cc1ccc(Cl)cc1. The molecular weight excluding hydrogens is 255 g/mol. The van der Waals surface area contributed by atoms with Crippen LogP contribution >= 0.6 is 23.2 Å². The Morgan fingerprint density at radius 2 is 1.88 bits per heavy atom. The molecule has 0 N–H and O–H groups in total. The molecule has 0 fully saturated rings. The summed E-state index contributed by atoms with van der Waals surface area (Å²) in [6, 6.07) is 8.04. The average Bonchev–Trinajstić information content (AvgIpc) is 2.35. The van der Waals surface area contributed by atoms with Crippen LogP contribution in [0.3, 0.4) is 0 Å². The van der Waals surface area contributed by atoms with Gasteiger partial charge >= 0.3 is 0 Å². The van der Waals surface area contributed by atoms with Crippen molar-refractivity contribution in [3.63, 3.8) is 0 Å². The molecule has 0 saturated carbocycles. The molecule has 1 rings (SSSR count). The Labute approximate surface area is 114 Å². The van der Waals surface area contributed by atoms with Gasteiger partial charge in [0, 0.05) is 24.6 Å². The lowest BCUT2D eigenvalue weighted by Gasteiger charge is -2.13. The zero-order valence-electron chi connectivity index (χ0n) is 10.3. The number of benzene rings is 1. The molecule has 17 heavy (non-hydrogen) atoms. The summed E-state index contributed by atoms with van der Waals surface area (Å²) in [6.45, 7) is 0.843. The number of unbranched alkanes of at least 4 members (excludes halogenated alkanes) is 1. The van der Waals surface area contributed by atoms with E-state index in [4.69, 9.17) is 27.9 Å². The molecule has 0 amide bonds. The summed E-state index contributed by atoms with van der Waals surface area (Å²) >= 11 is 11.9. The minimum atomic E-state index is 0.551. The zero-order valence-corrected chi connectivity index (χ0v) is 11.8. The van der Waals surface area contributed by atoms with E-state index in [2.05, 4.69) is 12.1 Å². The van der Waals surface area contributed by atoms with Crippen molar-refractivity contribution in [3.05, 3.63) is 34.9 Å². The molecule has 0 heterocycles. The van der Waals surface area contributed by atoms with E-state index in [1.807, 2.05) is 12.1 Å². The lowest BCUT2D eigenvalue weighted by atomic mass is 9.96. The third-order valence-corrected chi connectivity index (χ3v) is 3.56. The highest BCUT2D eigenvalue weighted by Gasteiger charge is 2.08. The predicted molar refractivity (Wildman–Crippen MR) is 75.1 cm³/mol. The first-order chi connectivity index (χ1) is 8.26. The summed E-state index contributed by atoms with van der Waals surface area (Å²) in [5.74, 6) is 1.27. The Balaban J connectivity index is 2.33. The first-order valence-corrected chi connectivity index (χ1v) is 6.97. The summed E-state index contributed by atoms with van der Waals surface area (Å²) in [5, 5.41) is 0.788. The Morgan fingerprint density at radius 3 is 2.47 bits per heavy atom. The molecule has 96 valence electrons. The fraction of sp³-hybridized carbons (Fsp3) is 0.571. The molecule has 1 atom stereocenters. The Kier molecular flexibility index (Phi) is 7.67. The first kappa shape index (κ1) is 14.8. The third-order valence-electron chi connectivity index (χ3n) is 2.87. The van der Waals surface area contributed by atoms with Crippen LogP contribution in [0.5, 0.6) is 0 Å². The van der Waals surface area contributed by atoms with Crippen LogP contribution in [-0.4, -0.2) is 19.6 Å². The third kappa shape index (κ3) is 6.30. The van der Waals surface area contributed by atoms with E-state index in [1.165, 1.54) is 12.0 Å². The van der Waals surface area contributed by atoms with Gasteiger partial charge in [0.15, 0.2) is 0 Å². The molecule has 0 radical (unpaired) electrons. The molecule has 0 aliphatic heterocycles. The van der Waals surface area contributed by atoms with Crippen molar-refractivity contribution >= 4 is 23.2 Å². The standard InChI is InChI=1S/C14H20Cl2O/c1-17-9-3-2-4-13(11-15)10-12-5-7-14(16)8-6-12/h5-8,13H,2-4,9-11H2,1H3. The van der Waals surface area contributed by atoms with Crippen LogP contribution in [0.1, 0.15) is 24.8 Å². The van der Waals surface area contributed by atoms with Gasteiger partial charge in [0.1, 0.15) is 0 Å². The van der Waals surface area contributed by atoms with Crippen LogP contribution in [0.2, 0.25) is 5.02 Å². The number of halogens is 2. The topological polar surface area (TPSA) is 9.23 Å². The number of hydrogen-bond donors (Lipinski definition) is 0. The molecule has 0 spiro atoms. The maximum atomic E-state index is 6.00. The molecule has 0 aliphatic rings. The largest absolute Gasteiger partial charge is 0.385 e.